The molecule has 3 nitrogen and oxygen atoms in total. The fourth-order valence-electron chi connectivity index (χ4n) is 3.12. The van der Waals surface area contributed by atoms with Crippen LogP contribution >= 0.6 is 0 Å². The summed E-state index contributed by atoms with van der Waals surface area (Å²) in [4.78, 5) is 5.14. The van der Waals surface area contributed by atoms with Crippen molar-refractivity contribution >= 4 is 5.69 Å². The Morgan fingerprint density at radius 3 is 2.37 bits per heavy atom. The quantitative estimate of drug-likeness (QED) is 0.846. The third kappa shape index (κ3) is 3.48. The number of likely N-dealkylation sites (N-methyl/N-ethyl adjacent to an activating group) is 1. The molecule has 1 aromatic rings. The molecule has 0 aromatic heterocycles. The molecule has 3 heteroatoms. The zero-order chi connectivity index (χ0) is 13.8. The molecule has 0 amide bonds. The van der Waals surface area contributed by atoms with Crippen molar-refractivity contribution in [1.82, 2.24) is 9.80 Å². The van der Waals surface area contributed by atoms with Crippen LogP contribution in [0.4, 0.5) is 5.69 Å². The van der Waals surface area contributed by atoms with E-state index in [1.54, 1.807) is 0 Å². The minimum absolute atomic E-state index is 0.488. The van der Waals surface area contributed by atoms with Crippen LogP contribution in [0.2, 0.25) is 0 Å². The average molecular weight is 261 g/mol. The molecule has 19 heavy (non-hydrogen) atoms. The van der Waals surface area contributed by atoms with E-state index in [0.717, 1.165) is 18.8 Å². The molecule has 1 heterocycles. The highest BCUT2D eigenvalue weighted by Crippen LogP contribution is 2.30. The zero-order valence-electron chi connectivity index (χ0n) is 12.5. The maximum Gasteiger partial charge on any atom is 0.0372 e. The van der Waals surface area contributed by atoms with Gasteiger partial charge in [0.1, 0.15) is 0 Å². The summed E-state index contributed by atoms with van der Waals surface area (Å²) < 4.78 is 0. The van der Waals surface area contributed by atoms with Crippen LogP contribution in [-0.4, -0.2) is 42.5 Å². The maximum absolute atomic E-state index is 5.94. The monoisotopic (exact) mass is 261 g/mol. The van der Waals surface area contributed by atoms with E-state index in [4.69, 9.17) is 5.73 Å². The maximum atomic E-state index is 5.94. The topological polar surface area (TPSA) is 32.5 Å². The summed E-state index contributed by atoms with van der Waals surface area (Å²) in [5.41, 5.74) is 8.17. The van der Waals surface area contributed by atoms with Crippen LogP contribution < -0.4 is 5.73 Å². The van der Waals surface area contributed by atoms with E-state index < -0.39 is 0 Å². The molecule has 1 saturated heterocycles. The van der Waals surface area contributed by atoms with Crippen molar-refractivity contribution in [3.63, 3.8) is 0 Å². The Bertz CT molecular complexity index is 395. The van der Waals surface area contributed by atoms with Crippen LogP contribution in [0.15, 0.2) is 24.3 Å². The van der Waals surface area contributed by atoms with Crippen LogP contribution in [-0.2, 0) is 0 Å². The van der Waals surface area contributed by atoms with Crippen LogP contribution in [0, 0.1) is 5.92 Å². The van der Waals surface area contributed by atoms with Gasteiger partial charge >= 0.3 is 0 Å². The van der Waals surface area contributed by atoms with Crippen LogP contribution in [0.25, 0.3) is 0 Å². The largest absolute Gasteiger partial charge is 0.399 e. The SMILES string of the molecule is CCN1CCN(C(c2cccc(N)c2)C(C)C)CC1. The van der Waals surface area contributed by atoms with Gasteiger partial charge in [0, 0.05) is 37.9 Å². The number of rotatable bonds is 4. The van der Waals surface area contributed by atoms with Crippen molar-refractivity contribution in [2.24, 2.45) is 5.92 Å². The fourth-order valence-corrected chi connectivity index (χ4v) is 3.12. The molecular weight excluding hydrogens is 234 g/mol. The molecule has 1 unspecified atom stereocenters. The van der Waals surface area contributed by atoms with Gasteiger partial charge in [-0.1, -0.05) is 32.9 Å². The highest BCUT2D eigenvalue weighted by molar-refractivity contribution is 5.41. The minimum Gasteiger partial charge on any atom is -0.399 e. The molecule has 1 aliphatic heterocycles. The summed E-state index contributed by atoms with van der Waals surface area (Å²) >= 11 is 0. The number of nitrogen functional groups attached to an aromatic ring is 1. The molecule has 0 aliphatic carbocycles. The highest BCUT2D eigenvalue weighted by atomic mass is 15.3. The first kappa shape index (κ1) is 14.4. The minimum atomic E-state index is 0.488. The molecule has 106 valence electrons. The summed E-state index contributed by atoms with van der Waals surface area (Å²) in [6.45, 7) is 12.7. The van der Waals surface area contributed by atoms with E-state index in [1.165, 1.54) is 25.2 Å². The first-order chi connectivity index (χ1) is 9.11. The van der Waals surface area contributed by atoms with Gasteiger partial charge in [0.25, 0.3) is 0 Å². The summed E-state index contributed by atoms with van der Waals surface area (Å²) in [5.74, 6) is 0.606. The summed E-state index contributed by atoms with van der Waals surface area (Å²) in [7, 11) is 0. The van der Waals surface area contributed by atoms with Gasteiger partial charge in [0.05, 0.1) is 0 Å². The number of piperazine rings is 1. The molecule has 2 N–H and O–H groups in total. The van der Waals surface area contributed by atoms with Crippen molar-refractivity contribution in [2.75, 3.05) is 38.5 Å². The van der Waals surface area contributed by atoms with E-state index in [1.807, 2.05) is 6.07 Å². The Morgan fingerprint density at radius 2 is 1.84 bits per heavy atom. The summed E-state index contributed by atoms with van der Waals surface area (Å²) in [6.07, 6.45) is 0. The Morgan fingerprint density at radius 1 is 1.16 bits per heavy atom. The van der Waals surface area contributed by atoms with Gasteiger partial charge in [-0.3, -0.25) is 4.90 Å². The van der Waals surface area contributed by atoms with Crippen LogP contribution in [0.5, 0.6) is 0 Å². The molecule has 0 radical (unpaired) electrons. The van der Waals surface area contributed by atoms with E-state index in [0.29, 0.717) is 12.0 Å². The van der Waals surface area contributed by atoms with Gasteiger partial charge in [0.2, 0.25) is 0 Å². The van der Waals surface area contributed by atoms with Gasteiger partial charge in [-0.2, -0.15) is 0 Å². The molecule has 1 aliphatic rings. The lowest BCUT2D eigenvalue weighted by Crippen LogP contribution is -2.48. The van der Waals surface area contributed by atoms with E-state index in [-0.39, 0.29) is 0 Å². The second kappa shape index (κ2) is 6.40. The highest BCUT2D eigenvalue weighted by Gasteiger charge is 2.26. The Kier molecular flexibility index (Phi) is 4.83. The number of hydrogen-bond donors (Lipinski definition) is 1. The zero-order valence-corrected chi connectivity index (χ0v) is 12.5. The predicted octanol–water partition coefficient (Wildman–Crippen LogP) is 2.60. The summed E-state index contributed by atoms with van der Waals surface area (Å²) in [6, 6.07) is 8.88. The van der Waals surface area contributed by atoms with Gasteiger partial charge in [-0.05, 0) is 30.2 Å². The molecule has 2 rings (SSSR count). The van der Waals surface area contributed by atoms with E-state index in [2.05, 4.69) is 48.8 Å². The third-order valence-corrected chi connectivity index (χ3v) is 4.13. The Labute approximate surface area is 117 Å². The molecule has 1 atom stereocenters. The standard InChI is InChI=1S/C16H27N3/c1-4-18-8-10-19(11-9-18)16(13(2)3)14-6-5-7-15(17)12-14/h5-7,12-13,16H,4,8-11,17H2,1-3H3. The van der Waals surface area contributed by atoms with Gasteiger partial charge in [0.15, 0.2) is 0 Å². The van der Waals surface area contributed by atoms with Gasteiger partial charge < -0.3 is 10.6 Å². The Hall–Kier alpha value is -1.06. The molecule has 1 fully saturated rings. The molecule has 0 saturated carbocycles. The van der Waals surface area contributed by atoms with Gasteiger partial charge in [-0.15, -0.1) is 0 Å². The lowest BCUT2D eigenvalue weighted by Gasteiger charge is -2.41. The number of nitrogens with two attached hydrogens (primary N) is 1. The van der Waals surface area contributed by atoms with Crippen molar-refractivity contribution in [3.8, 4) is 0 Å². The molecule has 0 bridgehead atoms. The first-order valence-electron chi connectivity index (χ1n) is 7.43. The van der Waals surface area contributed by atoms with Crippen molar-refractivity contribution in [1.29, 1.82) is 0 Å². The Balaban J connectivity index is 2.13. The lowest BCUT2D eigenvalue weighted by molar-refractivity contribution is 0.0786. The fraction of sp³-hybridized carbons (Fsp3) is 0.625. The average Bonchev–Trinajstić information content (AvgIpc) is 2.39. The predicted molar refractivity (Wildman–Crippen MR) is 82.1 cm³/mol. The van der Waals surface area contributed by atoms with Crippen LogP contribution in [0.3, 0.4) is 0 Å². The second-order valence-electron chi connectivity index (χ2n) is 5.83. The summed E-state index contributed by atoms with van der Waals surface area (Å²) in [5, 5.41) is 0. The first-order valence-corrected chi connectivity index (χ1v) is 7.43. The van der Waals surface area contributed by atoms with E-state index >= 15 is 0 Å². The number of anilines is 1. The van der Waals surface area contributed by atoms with Crippen molar-refractivity contribution in [3.05, 3.63) is 29.8 Å². The number of hydrogen-bond acceptors (Lipinski definition) is 3. The van der Waals surface area contributed by atoms with Crippen molar-refractivity contribution in [2.45, 2.75) is 26.8 Å². The van der Waals surface area contributed by atoms with E-state index in [9.17, 15) is 0 Å². The van der Waals surface area contributed by atoms with Crippen LogP contribution in [0.1, 0.15) is 32.4 Å². The van der Waals surface area contributed by atoms with Crippen molar-refractivity contribution < 1.29 is 0 Å². The number of nitrogens with zero attached hydrogens (tertiary/aromatic N) is 2. The number of benzene rings is 1. The molecular formula is C16H27N3. The second-order valence-corrected chi connectivity index (χ2v) is 5.83. The normalized spacial score (nSPS) is 19.8. The molecule has 1 aromatic carbocycles. The molecule has 0 spiro atoms. The lowest BCUT2D eigenvalue weighted by atomic mass is 9.93. The smallest absolute Gasteiger partial charge is 0.0372 e. The third-order valence-electron chi connectivity index (χ3n) is 4.13. The van der Waals surface area contributed by atoms with Gasteiger partial charge in [-0.25, -0.2) is 0 Å².